The zero-order chi connectivity index (χ0) is 25.9. The Morgan fingerprint density at radius 2 is 0.771 bits per heavy atom. The predicted molar refractivity (Wildman–Crippen MR) is 160 cm³/mol. The van der Waals surface area contributed by atoms with Crippen LogP contribution in [0.4, 0.5) is 0 Å². The SMILES string of the molecule is C[CH2][Sn]([CH2]C)[c]1c(-c2c(C(C)C)cccc2C(C)C)cccc1-c1c(C(C)C)cccc1C(C)C. The minimum atomic E-state index is -1.89. The summed E-state index contributed by atoms with van der Waals surface area (Å²) in [6, 6.07) is 21.4. The van der Waals surface area contributed by atoms with Crippen molar-refractivity contribution >= 4 is 23.3 Å². The molecule has 0 aliphatic heterocycles. The molecule has 0 aliphatic carbocycles. The molecule has 0 nitrogen and oxygen atoms in total. The number of rotatable bonds is 9. The molecule has 3 aromatic carbocycles. The molecule has 35 heavy (non-hydrogen) atoms. The fraction of sp³-hybridized carbons (Fsp3) is 0.471. The van der Waals surface area contributed by atoms with Gasteiger partial charge in [0.15, 0.2) is 0 Å². The van der Waals surface area contributed by atoms with Crippen LogP contribution in [0.3, 0.4) is 0 Å². The molecule has 1 heteroatoms. The van der Waals surface area contributed by atoms with Gasteiger partial charge in [-0.15, -0.1) is 0 Å². The molecular weight excluding hydrogens is 527 g/mol. The Hall–Kier alpha value is -1.54. The van der Waals surface area contributed by atoms with Crippen molar-refractivity contribution in [2.24, 2.45) is 0 Å². The summed E-state index contributed by atoms with van der Waals surface area (Å²) in [5.74, 6) is 2.02. The van der Waals surface area contributed by atoms with Crippen LogP contribution in [0, 0.1) is 0 Å². The van der Waals surface area contributed by atoms with Crippen LogP contribution in [0.1, 0.15) is 115 Å². The van der Waals surface area contributed by atoms with E-state index in [1.54, 1.807) is 14.7 Å². The molecule has 0 aliphatic rings. The van der Waals surface area contributed by atoms with Crippen LogP contribution in [0.5, 0.6) is 0 Å². The fourth-order valence-corrected chi connectivity index (χ4v) is 12.5. The Bertz CT molecular complexity index is 995. The molecule has 0 atom stereocenters. The molecule has 3 rings (SSSR count). The molecule has 187 valence electrons. The van der Waals surface area contributed by atoms with Crippen molar-refractivity contribution < 1.29 is 0 Å². The summed E-state index contributed by atoms with van der Waals surface area (Å²) in [6.07, 6.45) is 0. The average molecular weight is 574 g/mol. The molecule has 0 fully saturated rings. The van der Waals surface area contributed by atoms with Crippen molar-refractivity contribution in [2.45, 2.75) is 102 Å². The second kappa shape index (κ2) is 12.1. The minimum absolute atomic E-state index is 0.504. The van der Waals surface area contributed by atoms with Crippen LogP contribution in [0.25, 0.3) is 22.3 Å². The van der Waals surface area contributed by atoms with Crippen molar-refractivity contribution in [3.8, 4) is 22.3 Å². The first-order valence-electron chi connectivity index (χ1n) is 13.9. The first kappa shape index (κ1) is 28.0. The summed E-state index contributed by atoms with van der Waals surface area (Å²) in [6.45, 7) is 23.8. The number of benzene rings is 3. The van der Waals surface area contributed by atoms with Crippen LogP contribution in [0.2, 0.25) is 8.87 Å². The van der Waals surface area contributed by atoms with Crippen LogP contribution in [-0.4, -0.2) is 19.8 Å². The molecular formula is C34H47Sn. The Labute approximate surface area is 223 Å². The summed E-state index contributed by atoms with van der Waals surface area (Å²) < 4.78 is 4.46. The van der Waals surface area contributed by atoms with Crippen molar-refractivity contribution in [1.29, 1.82) is 0 Å². The quantitative estimate of drug-likeness (QED) is 0.223. The van der Waals surface area contributed by atoms with Crippen molar-refractivity contribution in [2.75, 3.05) is 0 Å². The molecule has 0 aromatic heterocycles. The molecule has 0 saturated heterocycles. The molecule has 0 bridgehead atoms. The van der Waals surface area contributed by atoms with E-state index in [0.29, 0.717) is 23.7 Å². The van der Waals surface area contributed by atoms with Crippen molar-refractivity contribution in [3.63, 3.8) is 0 Å². The molecule has 1 radical (unpaired) electrons. The zero-order valence-electron chi connectivity index (χ0n) is 23.9. The third-order valence-corrected chi connectivity index (χ3v) is 16.0. The standard InChI is InChI=1S/C30H37.2C2H5.Sn/c1-19(2)25-14-10-15-26(20(3)4)29(25)23-12-9-13-24(18-23)30-27(21(5)6)16-11-17-28(30)22(7)8;2*1-2;/h9-17,19-22H,1-8H3;2*1H2,2H3;. The summed E-state index contributed by atoms with van der Waals surface area (Å²) >= 11 is -1.89. The number of hydrogen-bond acceptors (Lipinski definition) is 0. The van der Waals surface area contributed by atoms with E-state index in [4.69, 9.17) is 0 Å². The van der Waals surface area contributed by atoms with Crippen molar-refractivity contribution in [3.05, 3.63) is 76.9 Å². The van der Waals surface area contributed by atoms with Gasteiger partial charge in [0.1, 0.15) is 0 Å². The van der Waals surface area contributed by atoms with Crippen LogP contribution in [0.15, 0.2) is 54.6 Å². The van der Waals surface area contributed by atoms with Crippen molar-refractivity contribution in [1.82, 2.24) is 0 Å². The Morgan fingerprint density at radius 3 is 1.03 bits per heavy atom. The van der Waals surface area contributed by atoms with Gasteiger partial charge >= 0.3 is 224 Å². The van der Waals surface area contributed by atoms with Gasteiger partial charge in [-0.25, -0.2) is 0 Å². The average Bonchev–Trinajstić information content (AvgIpc) is 2.83. The number of hydrogen-bond donors (Lipinski definition) is 0. The van der Waals surface area contributed by atoms with Crippen LogP contribution < -0.4 is 3.58 Å². The zero-order valence-corrected chi connectivity index (χ0v) is 26.8. The van der Waals surface area contributed by atoms with E-state index < -0.39 is 19.8 Å². The van der Waals surface area contributed by atoms with E-state index in [1.807, 2.05) is 0 Å². The van der Waals surface area contributed by atoms with Crippen LogP contribution >= 0.6 is 0 Å². The first-order valence-corrected chi connectivity index (χ1v) is 19.3. The van der Waals surface area contributed by atoms with Gasteiger partial charge in [-0.2, -0.15) is 0 Å². The summed E-state index contributed by atoms with van der Waals surface area (Å²) in [7, 11) is 0. The van der Waals surface area contributed by atoms with Gasteiger partial charge in [-0.3, -0.25) is 0 Å². The monoisotopic (exact) mass is 575 g/mol. The molecule has 0 amide bonds. The van der Waals surface area contributed by atoms with Gasteiger partial charge < -0.3 is 0 Å². The molecule has 0 unspecified atom stereocenters. The van der Waals surface area contributed by atoms with E-state index in [-0.39, 0.29) is 0 Å². The summed E-state index contributed by atoms with van der Waals surface area (Å²) in [5.41, 5.74) is 12.2. The second-order valence-electron chi connectivity index (χ2n) is 11.3. The van der Waals surface area contributed by atoms with Gasteiger partial charge in [0.2, 0.25) is 0 Å². The van der Waals surface area contributed by atoms with E-state index in [9.17, 15) is 0 Å². The Balaban J connectivity index is 2.53. The van der Waals surface area contributed by atoms with E-state index in [0.717, 1.165) is 0 Å². The molecule has 0 saturated carbocycles. The first-order chi connectivity index (χ1) is 16.6. The van der Waals surface area contributed by atoms with E-state index in [2.05, 4.69) is 124 Å². The van der Waals surface area contributed by atoms with Gasteiger partial charge in [0.25, 0.3) is 0 Å². The topological polar surface area (TPSA) is 0 Å². The molecule has 0 N–H and O–H groups in total. The molecule has 0 heterocycles. The third kappa shape index (κ3) is 5.74. The maximum absolute atomic E-state index is 2.46. The third-order valence-electron chi connectivity index (χ3n) is 7.56. The maximum atomic E-state index is 2.46. The fourth-order valence-electron chi connectivity index (χ4n) is 5.68. The molecule has 0 spiro atoms. The van der Waals surface area contributed by atoms with Gasteiger partial charge in [-0.1, -0.05) is 0 Å². The second-order valence-corrected chi connectivity index (χ2v) is 20.2. The van der Waals surface area contributed by atoms with E-state index in [1.165, 1.54) is 42.3 Å². The van der Waals surface area contributed by atoms with E-state index >= 15 is 0 Å². The van der Waals surface area contributed by atoms with Gasteiger partial charge in [-0.05, 0) is 0 Å². The van der Waals surface area contributed by atoms with Gasteiger partial charge in [0.05, 0.1) is 0 Å². The summed E-state index contributed by atoms with van der Waals surface area (Å²) in [5, 5.41) is 0. The molecule has 3 aromatic rings. The van der Waals surface area contributed by atoms with Crippen LogP contribution in [-0.2, 0) is 0 Å². The predicted octanol–water partition coefficient (Wildman–Crippen LogP) is 10.3. The Morgan fingerprint density at radius 1 is 0.486 bits per heavy atom. The normalized spacial score (nSPS) is 12.1. The Kier molecular flexibility index (Phi) is 9.72. The summed E-state index contributed by atoms with van der Waals surface area (Å²) in [4.78, 5) is 0. The van der Waals surface area contributed by atoms with Gasteiger partial charge in [0, 0.05) is 0 Å².